The van der Waals surface area contributed by atoms with Gasteiger partial charge in [0.25, 0.3) is 0 Å². The highest BCUT2D eigenvalue weighted by atomic mass is 16.5. The number of hydrogen-bond acceptors (Lipinski definition) is 3. The third kappa shape index (κ3) is 3.45. The molecule has 112 valence electrons. The lowest BCUT2D eigenvalue weighted by molar-refractivity contribution is 0.286. The van der Waals surface area contributed by atoms with Crippen LogP contribution in [0.5, 0.6) is 5.75 Å². The first-order valence-corrected chi connectivity index (χ1v) is 7.61. The van der Waals surface area contributed by atoms with E-state index in [2.05, 4.69) is 41.7 Å². The van der Waals surface area contributed by atoms with Crippen LogP contribution in [0.4, 0.5) is 0 Å². The Bertz CT molecular complexity index is 587. The van der Waals surface area contributed by atoms with Crippen molar-refractivity contribution in [2.75, 3.05) is 13.7 Å². The molecule has 21 heavy (non-hydrogen) atoms. The van der Waals surface area contributed by atoms with Crippen molar-refractivity contribution in [3.8, 4) is 5.75 Å². The first kappa shape index (κ1) is 14.1. The van der Waals surface area contributed by atoms with Crippen molar-refractivity contribution in [3.63, 3.8) is 0 Å². The molecular weight excluding hydrogens is 262 g/mol. The number of aryl methyl sites for hydroxylation is 1. The number of aromatic nitrogens is 2. The molecule has 4 nitrogen and oxygen atoms in total. The molecule has 0 bridgehead atoms. The highest BCUT2D eigenvalue weighted by Gasteiger charge is 2.29. The van der Waals surface area contributed by atoms with Gasteiger partial charge in [0.1, 0.15) is 5.75 Å². The van der Waals surface area contributed by atoms with E-state index in [1.807, 2.05) is 16.9 Å². The SMILES string of the molecule is COc1cccc(C2CC(NCCn3cc(C)cn3)C2)c1. The highest BCUT2D eigenvalue weighted by molar-refractivity contribution is 5.32. The zero-order valence-electron chi connectivity index (χ0n) is 12.7. The molecule has 0 aliphatic heterocycles. The van der Waals surface area contributed by atoms with Crippen LogP contribution in [0.25, 0.3) is 0 Å². The molecule has 1 fully saturated rings. The predicted molar refractivity (Wildman–Crippen MR) is 83.7 cm³/mol. The number of nitrogens with one attached hydrogen (secondary N) is 1. The second kappa shape index (κ2) is 6.31. The fourth-order valence-corrected chi connectivity index (χ4v) is 2.92. The van der Waals surface area contributed by atoms with Gasteiger partial charge in [0.2, 0.25) is 0 Å². The highest BCUT2D eigenvalue weighted by Crippen LogP contribution is 2.37. The van der Waals surface area contributed by atoms with E-state index >= 15 is 0 Å². The summed E-state index contributed by atoms with van der Waals surface area (Å²) in [5, 5.41) is 7.91. The summed E-state index contributed by atoms with van der Waals surface area (Å²) < 4.78 is 7.29. The van der Waals surface area contributed by atoms with Crippen molar-refractivity contribution in [1.29, 1.82) is 0 Å². The minimum Gasteiger partial charge on any atom is -0.497 e. The molecule has 1 saturated carbocycles. The maximum atomic E-state index is 5.29. The van der Waals surface area contributed by atoms with Crippen LogP contribution < -0.4 is 10.1 Å². The van der Waals surface area contributed by atoms with Gasteiger partial charge in [0.15, 0.2) is 0 Å². The van der Waals surface area contributed by atoms with E-state index in [1.165, 1.54) is 24.0 Å². The van der Waals surface area contributed by atoms with Crippen LogP contribution in [0.1, 0.15) is 29.9 Å². The molecule has 1 aromatic carbocycles. The van der Waals surface area contributed by atoms with Crippen molar-refractivity contribution < 1.29 is 4.74 Å². The Morgan fingerprint density at radius 1 is 1.38 bits per heavy atom. The zero-order chi connectivity index (χ0) is 14.7. The normalized spacial score (nSPS) is 21.0. The van der Waals surface area contributed by atoms with E-state index in [-0.39, 0.29) is 0 Å². The van der Waals surface area contributed by atoms with E-state index in [1.54, 1.807) is 7.11 Å². The van der Waals surface area contributed by atoms with Gasteiger partial charge in [-0.15, -0.1) is 0 Å². The molecule has 0 spiro atoms. The fourth-order valence-electron chi connectivity index (χ4n) is 2.92. The first-order chi connectivity index (χ1) is 10.2. The lowest BCUT2D eigenvalue weighted by Gasteiger charge is -2.36. The van der Waals surface area contributed by atoms with Gasteiger partial charge in [-0.1, -0.05) is 12.1 Å². The zero-order valence-corrected chi connectivity index (χ0v) is 12.7. The molecule has 0 atom stereocenters. The third-order valence-electron chi connectivity index (χ3n) is 4.24. The number of benzene rings is 1. The molecule has 4 heteroatoms. The van der Waals surface area contributed by atoms with E-state index in [4.69, 9.17) is 4.74 Å². The maximum Gasteiger partial charge on any atom is 0.119 e. The van der Waals surface area contributed by atoms with Gasteiger partial charge in [-0.2, -0.15) is 5.10 Å². The molecule has 1 N–H and O–H groups in total. The quantitative estimate of drug-likeness (QED) is 0.887. The summed E-state index contributed by atoms with van der Waals surface area (Å²) in [6.45, 7) is 3.99. The number of hydrogen-bond donors (Lipinski definition) is 1. The van der Waals surface area contributed by atoms with Crippen LogP contribution in [0.2, 0.25) is 0 Å². The van der Waals surface area contributed by atoms with Gasteiger partial charge >= 0.3 is 0 Å². The van der Waals surface area contributed by atoms with Crippen LogP contribution in [0, 0.1) is 6.92 Å². The first-order valence-electron chi connectivity index (χ1n) is 7.61. The monoisotopic (exact) mass is 285 g/mol. The van der Waals surface area contributed by atoms with Crippen LogP contribution in [-0.2, 0) is 6.54 Å². The van der Waals surface area contributed by atoms with Crippen molar-refractivity contribution in [1.82, 2.24) is 15.1 Å². The Morgan fingerprint density at radius 3 is 2.95 bits per heavy atom. The van der Waals surface area contributed by atoms with E-state index in [9.17, 15) is 0 Å². The van der Waals surface area contributed by atoms with Gasteiger partial charge in [0, 0.05) is 18.8 Å². The van der Waals surface area contributed by atoms with Gasteiger partial charge < -0.3 is 10.1 Å². The van der Waals surface area contributed by atoms with Gasteiger partial charge in [-0.25, -0.2) is 0 Å². The van der Waals surface area contributed by atoms with Crippen LogP contribution in [0.15, 0.2) is 36.7 Å². The lowest BCUT2D eigenvalue weighted by Crippen LogP contribution is -2.41. The van der Waals surface area contributed by atoms with Crippen molar-refractivity contribution in [2.45, 2.75) is 38.3 Å². The summed E-state index contributed by atoms with van der Waals surface area (Å²) in [5.74, 6) is 1.63. The topological polar surface area (TPSA) is 39.1 Å². The van der Waals surface area contributed by atoms with Crippen LogP contribution in [0.3, 0.4) is 0 Å². The molecule has 0 unspecified atom stereocenters. The summed E-state index contributed by atoms with van der Waals surface area (Å²) in [7, 11) is 1.72. The predicted octanol–water partition coefficient (Wildman–Crippen LogP) is 2.74. The number of methoxy groups -OCH3 is 1. The van der Waals surface area contributed by atoms with E-state index in [0.29, 0.717) is 12.0 Å². The van der Waals surface area contributed by atoms with E-state index in [0.717, 1.165) is 18.8 Å². The second-order valence-electron chi connectivity index (χ2n) is 5.88. The van der Waals surface area contributed by atoms with E-state index < -0.39 is 0 Å². The van der Waals surface area contributed by atoms with Crippen molar-refractivity contribution in [2.24, 2.45) is 0 Å². The largest absolute Gasteiger partial charge is 0.497 e. The molecule has 1 aliphatic rings. The van der Waals surface area contributed by atoms with Crippen molar-refractivity contribution in [3.05, 3.63) is 47.8 Å². The number of rotatable bonds is 6. The van der Waals surface area contributed by atoms with Gasteiger partial charge in [0.05, 0.1) is 19.9 Å². The Balaban J connectivity index is 1.41. The minimum absolute atomic E-state index is 0.637. The molecule has 1 aromatic heterocycles. The molecule has 3 rings (SSSR count). The number of nitrogens with zero attached hydrogens (tertiary/aromatic N) is 2. The summed E-state index contributed by atoms with van der Waals surface area (Å²) in [6, 6.07) is 9.08. The Labute approximate surface area is 126 Å². The fraction of sp³-hybridized carbons (Fsp3) is 0.471. The Morgan fingerprint density at radius 2 is 2.24 bits per heavy atom. The van der Waals surface area contributed by atoms with Crippen molar-refractivity contribution >= 4 is 0 Å². The number of ether oxygens (including phenoxy) is 1. The second-order valence-corrected chi connectivity index (χ2v) is 5.88. The smallest absolute Gasteiger partial charge is 0.119 e. The molecule has 0 radical (unpaired) electrons. The molecule has 1 heterocycles. The standard InChI is InChI=1S/C17H23N3O/c1-13-11-19-20(12-13)7-6-18-16-8-15(9-16)14-4-3-5-17(10-14)21-2/h3-5,10-12,15-16,18H,6-9H2,1-2H3. The average Bonchev–Trinajstić information content (AvgIpc) is 2.87. The Hall–Kier alpha value is -1.81. The lowest BCUT2D eigenvalue weighted by atomic mass is 9.76. The molecular formula is C17H23N3O. The molecule has 2 aromatic rings. The molecule has 1 aliphatic carbocycles. The summed E-state index contributed by atoms with van der Waals surface area (Å²) in [6.07, 6.45) is 6.42. The molecule has 0 amide bonds. The van der Waals surface area contributed by atoms with Crippen LogP contribution >= 0.6 is 0 Å². The van der Waals surface area contributed by atoms with Gasteiger partial charge in [-0.05, 0) is 48.9 Å². The van der Waals surface area contributed by atoms with Crippen LogP contribution in [-0.4, -0.2) is 29.5 Å². The minimum atomic E-state index is 0.637. The summed E-state index contributed by atoms with van der Waals surface area (Å²) in [4.78, 5) is 0. The third-order valence-corrected chi connectivity index (χ3v) is 4.24. The molecule has 0 saturated heterocycles. The Kier molecular flexibility index (Phi) is 4.25. The average molecular weight is 285 g/mol. The maximum absolute atomic E-state index is 5.29. The summed E-state index contributed by atoms with van der Waals surface area (Å²) in [5.41, 5.74) is 2.62. The summed E-state index contributed by atoms with van der Waals surface area (Å²) >= 11 is 0. The van der Waals surface area contributed by atoms with Gasteiger partial charge in [-0.3, -0.25) is 4.68 Å².